The van der Waals surface area contributed by atoms with E-state index in [4.69, 9.17) is 11.6 Å². The molecule has 0 radical (unpaired) electrons. The first-order valence-electron chi connectivity index (χ1n) is 5.68. The van der Waals surface area contributed by atoms with Crippen molar-refractivity contribution in [3.8, 4) is 0 Å². The lowest BCUT2D eigenvalue weighted by Crippen LogP contribution is -2.44. The highest BCUT2D eigenvalue weighted by atomic mass is 35.5. The van der Waals surface area contributed by atoms with E-state index in [1.165, 1.54) is 5.56 Å². The summed E-state index contributed by atoms with van der Waals surface area (Å²) in [7, 11) is 0. The van der Waals surface area contributed by atoms with Crippen LogP contribution in [0.2, 0.25) is 5.02 Å². The van der Waals surface area contributed by atoms with Crippen LogP contribution >= 0.6 is 11.6 Å². The molecule has 1 aromatic rings. The maximum Gasteiger partial charge on any atom is 0.0730 e. The Labute approximate surface area is 102 Å². The normalized spacial score (nSPS) is 24.9. The number of halogens is 1. The van der Waals surface area contributed by atoms with E-state index in [-0.39, 0.29) is 11.6 Å². The van der Waals surface area contributed by atoms with Gasteiger partial charge in [-0.05, 0) is 38.0 Å². The van der Waals surface area contributed by atoms with Crippen molar-refractivity contribution in [1.29, 1.82) is 0 Å². The molecule has 1 aliphatic heterocycles. The number of benzene rings is 1. The molecule has 3 heteroatoms. The van der Waals surface area contributed by atoms with E-state index in [2.05, 4.69) is 18.7 Å². The average Bonchev–Trinajstić information content (AvgIpc) is 2.48. The molecule has 88 valence electrons. The average molecular weight is 240 g/mol. The van der Waals surface area contributed by atoms with Crippen molar-refractivity contribution in [2.24, 2.45) is 0 Å². The van der Waals surface area contributed by atoms with Gasteiger partial charge in [0.15, 0.2) is 0 Å². The van der Waals surface area contributed by atoms with E-state index >= 15 is 0 Å². The fraction of sp³-hybridized carbons (Fsp3) is 0.538. The summed E-state index contributed by atoms with van der Waals surface area (Å²) in [4.78, 5) is 2.32. The predicted molar refractivity (Wildman–Crippen MR) is 66.6 cm³/mol. The molecule has 0 bridgehead atoms. The van der Waals surface area contributed by atoms with Crippen LogP contribution in [-0.2, 0) is 6.54 Å². The standard InChI is InChI=1S/C13H18ClNO/c1-13(2)12(16)7-8-15(13)9-10-3-5-11(14)6-4-10/h3-6,12,16H,7-9H2,1-2H3. The van der Waals surface area contributed by atoms with Crippen LogP contribution in [0.3, 0.4) is 0 Å². The van der Waals surface area contributed by atoms with Crippen molar-refractivity contribution in [3.63, 3.8) is 0 Å². The zero-order chi connectivity index (χ0) is 11.8. The van der Waals surface area contributed by atoms with Gasteiger partial charge in [-0.25, -0.2) is 0 Å². The van der Waals surface area contributed by atoms with Crippen molar-refractivity contribution in [2.45, 2.75) is 38.5 Å². The SMILES string of the molecule is CC1(C)C(O)CCN1Cc1ccc(Cl)cc1. The van der Waals surface area contributed by atoms with Crippen LogP contribution in [0.4, 0.5) is 0 Å². The molecule has 2 rings (SSSR count). The molecular formula is C13H18ClNO. The first kappa shape index (κ1) is 11.9. The lowest BCUT2D eigenvalue weighted by molar-refractivity contribution is 0.0506. The number of aliphatic hydroxyl groups excluding tert-OH is 1. The zero-order valence-electron chi connectivity index (χ0n) is 9.78. The van der Waals surface area contributed by atoms with E-state index in [1.807, 2.05) is 24.3 Å². The molecule has 1 fully saturated rings. The van der Waals surface area contributed by atoms with Gasteiger partial charge in [0, 0.05) is 23.7 Å². The van der Waals surface area contributed by atoms with E-state index in [0.717, 1.165) is 24.5 Å². The van der Waals surface area contributed by atoms with Gasteiger partial charge in [-0.15, -0.1) is 0 Å². The zero-order valence-corrected chi connectivity index (χ0v) is 10.5. The number of aliphatic hydroxyl groups is 1. The van der Waals surface area contributed by atoms with E-state index in [1.54, 1.807) is 0 Å². The number of nitrogens with zero attached hydrogens (tertiary/aromatic N) is 1. The van der Waals surface area contributed by atoms with Gasteiger partial charge in [0.05, 0.1) is 6.10 Å². The number of hydrogen-bond acceptors (Lipinski definition) is 2. The minimum atomic E-state index is -0.222. The van der Waals surface area contributed by atoms with Gasteiger partial charge in [0.25, 0.3) is 0 Å². The monoisotopic (exact) mass is 239 g/mol. The molecule has 1 saturated heterocycles. The summed E-state index contributed by atoms with van der Waals surface area (Å²) >= 11 is 5.85. The lowest BCUT2D eigenvalue weighted by atomic mass is 9.98. The molecule has 0 aliphatic carbocycles. The molecule has 1 aromatic carbocycles. The number of hydrogen-bond donors (Lipinski definition) is 1. The molecule has 1 N–H and O–H groups in total. The van der Waals surface area contributed by atoms with Crippen molar-refractivity contribution in [2.75, 3.05) is 6.54 Å². The Morgan fingerprint density at radius 2 is 2.00 bits per heavy atom. The van der Waals surface area contributed by atoms with Gasteiger partial charge in [-0.1, -0.05) is 23.7 Å². The highest BCUT2D eigenvalue weighted by Crippen LogP contribution is 2.30. The van der Waals surface area contributed by atoms with Gasteiger partial charge in [0.2, 0.25) is 0 Å². The fourth-order valence-electron chi connectivity index (χ4n) is 2.22. The molecule has 1 unspecified atom stereocenters. The first-order valence-corrected chi connectivity index (χ1v) is 6.05. The molecular weight excluding hydrogens is 222 g/mol. The van der Waals surface area contributed by atoms with Crippen molar-refractivity contribution in [1.82, 2.24) is 4.90 Å². The molecule has 0 amide bonds. The minimum Gasteiger partial charge on any atom is -0.391 e. The second kappa shape index (κ2) is 4.36. The van der Waals surface area contributed by atoms with E-state index in [9.17, 15) is 5.11 Å². The van der Waals surface area contributed by atoms with Crippen LogP contribution in [0.25, 0.3) is 0 Å². The Bertz CT molecular complexity index is 361. The fourth-order valence-corrected chi connectivity index (χ4v) is 2.35. The lowest BCUT2D eigenvalue weighted by Gasteiger charge is -2.33. The predicted octanol–water partition coefficient (Wildman–Crippen LogP) is 2.69. The highest BCUT2D eigenvalue weighted by Gasteiger charge is 2.39. The second-order valence-corrected chi connectivity index (χ2v) is 5.44. The maximum atomic E-state index is 9.89. The molecule has 0 aromatic heterocycles. The maximum absolute atomic E-state index is 9.89. The molecule has 1 atom stereocenters. The molecule has 2 nitrogen and oxygen atoms in total. The largest absolute Gasteiger partial charge is 0.391 e. The van der Waals surface area contributed by atoms with Crippen LogP contribution in [0, 0.1) is 0 Å². The topological polar surface area (TPSA) is 23.5 Å². The van der Waals surface area contributed by atoms with Crippen LogP contribution in [-0.4, -0.2) is 28.2 Å². The van der Waals surface area contributed by atoms with Crippen molar-refractivity contribution < 1.29 is 5.11 Å². The quantitative estimate of drug-likeness (QED) is 0.858. The summed E-state index contributed by atoms with van der Waals surface area (Å²) in [5.74, 6) is 0. The summed E-state index contributed by atoms with van der Waals surface area (Å²) in [5.41, 5.74) is 1.12. The van der Waals surface area contributed by atoms with Crippen molar-refractivity contribution in [3.05, 3.63) is 34.9 Å². The van der Waals surface area contributed by atoms with Crippen molar-refractivity contribution >= 4 is 11.6 Å². The summed E-state index contributed by atoms with van der Waals surface area (Å²) in [6.07, 6.45) is 0.639. The van der Waals surface area contributed by atoms with E-state index in [0.29, 0.717) is 0 Å². The summed E-state index contributed by atoms with van der Waals surface area (Å²) in [5, 5.41) is 10.7. The molecule has 0 spiro atoms. The summed E-state index contributed by atoms with van der Waals surface area (Å²) in [6.45, 7) is 6.03. The third kappa shape index (κ3) is 2.24. The third-order valence-electron chi connectivity index (χ3n) is 3.59. The Balaban J connectivity index is 2.08. The Morgan fingerprint density at radius 1 is 1.38 bits per heavy atom. The van der Waals surface area contributed by atoms with Crippen LogP contribution in [0.15, 0.2) is 24.3 Å². The highest BCUT2D eigenvalue weighted by molar-refractivity contribution is 6.30. The first-order chi connectivity index (χ1) is 7.50. The van der Waals surface area contributed by atoms with Gasteiger partial charge in [-0.2, -0.15) is 0 Å². The molecule has 16 heavy (non-hydrogen) atoms. The van der Waals surface area contributed by atoms with Gasteiger partial charge < -0.3 is 5.11 Å². The van der Waals surface area contributed by atoms with Crippen LogP contribution in [0.5, 0.6) is 0 Å². The Morgan fingerprint density at radius 3 is 2.50 bits per heavy atom. The summed E-state index contributed by atoms with van der Waals surface area (Å²) in [6, 6.07) is 7.92. The van der Waals surface area contributed by atoms with Crippen LogP contribution in [0.1, 0.15) is 25.8 Å². The summed E-state index contributed by atoms with van der Waals surface area (Å²) < 4.78 is 0. The van der Waals surface area contributed by atoms with Crippen LogP contribution < -0.4 is 0 Å². The third-order valence-corrected chi connectivity index (χ3v) is 3.84. The Hall–Kier alpha value is -0.570. The number of rotatable bonds is 2. The smallest absolute Gasteiger partial charge is 0.0730 e. The molecule has 1 heterocycles. The number of likely N-dealkylation sites (tertiary alicyclic amines) is 1. The van der Waals surface area contributed by atoms with Gasteiger partial charge in [0.1, 0.15) is 0 Å². The van der Waals surface area contributed by atoms with Gasteiger partial charge in [-0.3, -0.25) is 4.90 Å². The van der Waals surface area contributed by atoms with E-state index < -0.39 is 0 Å². The molecule has 0 saturated carbocycles. The van der Waals surface area contributed by atoms with Gasteiger partial charge >= 0.3 is 0 Å². The minimum absolute atomic E-state index is 0.125. The second-order valence-electron chi connectivity index (χ2n) is 5.01. The Kier molecular flexibility index (Phi) is 3.24. The molecule has 1 aliphatic rings.